The molecular formula is C40H48N4O2. The molecule has 2 aromatic carbocycles. The molecule has 0 aromatic heterocycles. The van der Waals surface area contributed by atoms with Crippen molar-refractivity contribution in [3.8, 4) is 16.9 Å². The predicted molar refractivity (Wildman–Crippen MR) is 187 cm³/mol. The Morgan fingerprint density at radius 3 is 2.70 bits per heavy atom. The fourth-order valence-corrected chi connectivity index (χ4v) is 8.65. The Bertz CT molecular complexity index is 1730. The second-order valence-electron chi connectivity index (χ2n) is 15.0. The van der Waals surface area contributed by atoms with Crippen LogP contribution in [0.5, 0.6) is 5.75 Å². The number of ether oxygens (including phenoxy) is 1. The van der Waals surface area contributed by atoms with Crippen molar-refractivity contribution in [2.24, 2.45) is 27.7 Å². The van der Waals surface area contributed by atoms with E-state index in [-0.39, 0.29) is 23.9 Å². The summed E-state index contributed by atoms with van der Waals surface area (Å²) in [6.45, 7) is 12.6. The highest BCUT2D eigenvalue weighted by Gasteiger charge is 2.41. The number of nitrogens with zero attached hydrogens (tertiary/aromatic N) is 3. The largest absolute Gasteiger partial charge is 0.488 e. The van der Waals surface area contributed by atoms with Crippen molar-refractivity contribution in [2.75, 3.05) is 6.54 Å². The Morgan fingerprint density at radius 1 is 1.02 bits per heavy atom. The van der Waals surface area contributed by atoms with Gasteiger partial charge in [-0.25, -0.2) is 0 Å². The Hall–Kier alpha value is -3.51. The number of carbonyl (C=O) groups is 1. The number of amides is 1. The van der Waals surface area contributed by atoms with E-state index >= 15 is 0 Å². The number of hydrogen-bond donors (Lipinski definition) is 1. The van der Waals surface area contributed by atoms with E-state index in [2.05, 4.69) is 81.4 Å². The highest BCUT2D eigenvalue weighted by atomic mass is 16.5. The van der Waals surface area contributed by atoms with E-state index in [0.29, 0.717) is 18.6 Å². The van der Waals surface area contributed by atoms with E-state index in [1.807, 2.05) is 0 Å². The number of fused-ring (bicyclic) bond motifs is 5. The standard InChI is InChI=1S/C40H48N4O2/c1-6-25-13-35(41-19-25)36-16-28(20-42-36)26-8-10-30-29(14-26)21-46-39-18-31-27(15-33(30)39)9-11-34-32(31)17-37(43-34)38-12-7-23(4)44(38)40(45)24(5)22(2)3/h8,10,14-15,18,20,22-25,35,38,41H,6-7,9,11-13,16-17,19,21H2,1-5H3/t23-,24-,25-,35-,38-/m0/s1. The fourth-order valence-electron chi connectivity index (χ4n) is 8.65. The molecule has 5 atom stereocenters. The van der Waals surface area contributed by atoms with Crippen LogP contribution in [0.3, 0.4) is 0 Å². The first-order valence-corrected chi connectivity index (χ1v) is 17.8. The van der Waals surface area contributed by atoms with Gasteiger partial charge in [-0.05, 0) is 115 Å². The molecule has 240 valence electrons. The highest BCUT2D eigenvalue weighted by Crippen LogP contribution is 2.47. The van der Waals surface area contributed by atoms with Crippen LogP contribution in [0, 0.1) is 17.8 Å². The molecule has 0 saturated carbocycles. The lowest BCUT2D eigenvalue weighted by Gasteiger charge is -2.32. The van der Waals surface area contributed by atoms with Crippen LogP contribution in [-0.2, 0) is 17.8 Å². The third-order valence-electron chi connectivity index (χ3n) is 12.0. The minimum Gasteiger partial charge on any atom is -0.488 e. The summed E-state index contributed by atoms with van der Waals surface area (Å²) in [5.74, 6) is 2.39. The number of allylic oxidation sites excluding steroid dienone is 3. The molecule has 0 bridgehead atoms. The molecule has 2 saturated heterocycles. The average molecular weight is 617 g/mol. The molecule has 1 N–H and O–H groups in total. The van der Waals surface area contributed by atoms with Crippen molar-refractivity contribution < 1.29 is 9.53 Å². The Kier molecular flexibility index (Phi) is 7.55. The number of likely N-dealkylation sites (tertiary alicyclic amines) is 1. The van der Waals surface area contributed by atoms with Gasteiger partial charge in [0.1, 0.15) is 12.4 Å². The maximum Gasteiger partial charge on any atom is 0.226 e. The first-order valence-electron chi connectivity index (χ1n) is 17.8. The maximum absolute atomic E-state index is 13.6. The van der Waals surface area contributed by atoms with Crippen LogP contribution in [0.1, 0.15) is 102 Å². The quantitative estimate of drug-likeness (QED) is 0.358. The van der Waals surface area contributed by atoms with E-state index in [4.69, 9.17) is 14.7 Å². The van der Waals surface area contributed by atoms with Crippen LogP contribution in [0.4, 0.5) is 0 Å². The zero-order valence-corrected chi connectivity index (χ0v) is 28.2. The molecule has 2 fully saturated rings. The van der Waals surface area contributed by atoms with Gasteiger partial charge in [0, 0.05) is 59.7 Å². The summed E-state index contributed by atoms with van der Waals surface area (Å²) in [5, 5.41) is 3.69. The molecule has 5 aliphatic heterocycles. The first kappa shape index (κ1) is 29.9. The van der Waals surface area contributed by atoms with Crippen molar-refractivity contribution in [3.63, 3.8) is 0 Å². The van der Waals surface area contributed by atoms with Crippen LogP contribution in [0.15, 0.2) is 52.2 Å². The summed E-state index contributed by atoms with van der Waals surface area (Å²) in [4.78, 5) is 25.8. The normalized spacial score (nSPS) is 27.1. The smallest absolute Gasteiger partial charge is 0.226 e. The summed E-state index contributed by atoms with van der Waals surface area (Å²) >= 11 is 0. The highest BCUT2D eigenvalue weighted by molar-refractivity contribution is 6.06. The molecule has 46 heavy (non-hydrogen) atoms. The number of carbonyl (C=O) groups excluding carboxylic acids is 1. The predicted octanol–water partition coefficient (Wildman–Crippen LogP) is 7.99. The van der Waals surface area contributed by atoms with Crippen molar-refractivity contribution in [1.29, 1.82) is 0 Å². The lowest BCUT2D eigenvalue weighted by Crippen LogP contribution is -2.47. The second kappa shape index (κ2) is 11.6. The Labute approximate surface area is 274 Å². The third kappa shape index (κ3) is 4.99. The van der Waals surface area contributed by atoms with E-state index in [1.165, 1.54) is 74.5 Å². The van der Waals surface area contributed by atoms with Crippen LogP contribution in [-0.4, -0.2) is 46.9 Å². The molecule has 0 spiro atoms. The van der Waals surface area contributed by atoms with Gasteiger partial charge in [0.15, 0.2) is 0 Å². The molecule has 1 aliphatic carbocycles. The molecule has 1 amide bonds. The van der Waals surface area contributed by atoms with Gasteiger partial charge in [-0.3, -0.25) is 14.8 Å². The molecule has 6 heteroatoms. The number of aliphatic imine (C=N–C) groups is 2. The number of aryl methyl sites for hydroxylation is 1. The summed E-state index contributed by atoms with van der Waals surface area (Å²) in [6.07, 6.45) is 10.3. The second-order valence-corrected chi connectivity index (χ2v) is 15.0. The number of hydrogen-bond acceptors (Lipinski definition) is 5. The maximum atomic E-state index is 13.6. The van der Waals surface area contributed by atoms with Crippen molar-refractivity contribution >= 4 is 28.5 Å². The van der Waals surface area contributed by atoms with Gasteiger partial charge in [0.25, 0.3) is 0 Å². The van der Waals surface area contributed by atoms with Gasteiger partial charge < -0.3 is 15.0 Å². The van der Waals surface area contributed by atoms with Gasteiger partial charge in [-0.15, -0.1) is 0 Å². The molecule has 6 nitrogen and oxygen atoms in total. The molecule has 0 radical (unpaired) electrons. The molecule has 6 aliphatic rings. The minimum absolute atomic E-state index is 0.0274. The zero-order chi connectivity index (χ0) is 31.7. The molecule has 0 unspecified atom stereocenters. The SMILES string of the molecule is CC[C@@H]1CN[C@H](C2=NC=C(c3ccc4c(c3)COc3cc5c(cc3-4)CCC3=C5CC([C@@H]4CC[C@H](C)N4C(=O)[C@@H](C)C(C)C)=N3)C2)C1. The number of nitrogens with one attached hydrogen (secondary N) is 1. The zero-order valence-electron chi connectivity index (χ0n) is 28.2. The molecule has 2 aromatic rings. The van der Waals surface area contributed by atoms with Gasteiger partial charge in [-0.2, -0.15) is 0 Å². The summed E-state index contributed by atoms with van der Waals surface area (Å²) in [7, 11) is 0. The number of benzene rings is 2. The Balaban J connectivity index is 1.00. The summed E-state index contributed by atoms with van der Waals surface area (Å²) in [6, 6.07) is 12.4. The molecule has 5 heterocycles. The van der Waals surface area contributed by atoms with E-state index < -0.39 is 0 Å². The topological polar surface area (TPSA) is 66.3 Å². The molecule has 8 rings (SSSR count). The van der Waals surface area contributed by atoms with Crippen LogP contribution < -0.4 is 10.1 Å². The van der Waals surface area contributed by atoms with Crippen LogP contribution >= 0.6 is 0 Å². The van der Waals surface area contributed by atoms with Crippen molar-refractivity contribution in [1.82, 2.24) is 10.2 Å². The van der Waals surface area contributed by atoms with Crippen molar-refractivity contribution in [2.45, 2.75) is 111 Å². The van der Waals surface area contributed by atoms with Gasteiger partial charge in [0.05, 0.1) is 6.04 Å². The lowest BCUT2D eigenvalue weighted by atomic mass is 9.83. The summed E-state index contributed by atoms with van der Waals surface area (Å²) < 4.78 is 6.48. The summed E-state index contributed by atoms with van der Waals surface area (Å²) in [5.41, 5.74) is 14.0. The van der Waals surface area contributed by atoms with E-state index in [9.17, 15) is 4.79 Å². The average Bonchev–Trinajstić information content (AvgIpc) is 3.88. The van der Waals surface area contributed by atoms with Crippen LogP contribution in [0.2, 0.25) is 0 Å². The monoisotopic (exact) mass is 616 g/mol. The van der Waals surface area contributed by atoms with E-state index in [1.54, 1.807) is 0 Å². The van der Waals surface area contributed by atoms with Crippen molar-refractivity contribution in [3.05, 3.63) is 64.5 Å². The Morgan fingerprint density at radius 2 is 1.89 bits per heavy atom. The van der Waals surface area contributed by atoms with Gasteiger partial charge >= 0.3 is 0 Å². The van der Waals surface area contributed by atoms with Gasteiger partial charge in [0.2, 0.25) is 5.91 Å². The van der Waals surface area contributed by atoms with Gasteiger partial charge in [-0.1, -0.05) is 46.2 Å². The fraction of sp³-hybridized carbons (Fsp3) is 0.525. The first-order chi connectivity index (χ1) is 22.3. The molecular weight excluding hydrogens is 568 g/mol. The van der Waals surface area contributed by atoms with E-state index in [0.717, 1.165) is 56.7 Å². The third-order valence-corrected chi connectivity index (χ3v) is 12.0. The minimum atomic E-state index is 0.0274. The lowest BCUT2D eigenvalue weighted by molar-refractivity contribution is -0.137. The number of rotatable bonds is 6. The van der Waals surface area contributed by atoms with Crippen LogP contribution in [0.25, 0.3) is 22.3 Å².